The Morgan fingerprint density at radius 1 is 0.909 bits per heavy atom. The van der Waals surface area contributed by atoms with E-state index in [4.69, 9.17) is 0 Å². The van der Waals surface area contributed by atoms with Gasteiger partial charge in [-0.25, -0.2) is 0 Å². The highest BCUT2D eigenvalue weighted by molar-refractivity contribution is 5.99. The molecule has 6 heteroatoms. The fourth-order valence-corrected chi connectivity index (χ4v) is 4.36. The Bertz CT molecular complexity index is 1140. The quantitative estimate of drug-likeness (QED) is 0.492. The number of Topliss-reactive ketones (excluding diaryl/α,β-unsaturated/α-hetero) is 1. The lowest BCUT2D eigenvalue weighted by molar-refractivity contribution is -0.142. The van der Waals surface area contributed by atoms with Gasteiger partial charge in [-0.2, -0.15) is 0 Å². The molecule has 1 aliphatic rings. The molecule has 1 heterocycles. The van der Waals surface area contributed by atoms with Gasteiger partial charge >= 0.3 is 5.97 Å². The molecule has 3 atom stereocenters. The number of aromatic nitrogens is 1. The zero-order valence-electron chi connectivity index (χ0n) is 18.4. The van der Waals surface area contributed by atoms with E-state index in [0.717, 1.165) is 23.1 Å². The number of carboxylic acids is 1. The molecule has 0 radical (unpaired) electrons. The first-order valence-electron chi connectivity index (χ1n) is 11.1. The largest absolute Gasteiger partial charge is 0.481 e. The van der Waals surface area contributed by atoms with Gasteiger partial charge in [0.25, 0.3) is 0 Å². The molecule has 0 aliphatic heterocycles. The Morgan fingerprint density at radius 3 is 2.21 bits per heavy atom. The van der Waals surface area contributed by atoms with Gasteiger partial charge in [-0.15, -0.1) is 0 Å². The number of carboxylic acid groups (broad SMARTS) is 1. The van der Waals surface area contributed by atoms with Crippen LogP contribution < -0.4 is 5.32 Å². The number of hydrogen-bond donors (Lipinski definition) is 2. The van der Waals surface area contributed by atoms with Gasteiger partial charge in [-0.3, -0.25) is 19.4 Å². The van der Waals surface area contributed by atoms with Crippen LogP contribution in [0.5, 0.6) is 0 Å². The number of hydrogen-bond acceptors (Lipinski definition) is 4. The third kappa shape index (κ3) is 5.00. The van der Waals surface area contributed by atoms with Crippen molar-refractivity contribution in [2.24, 2.45) is 11.8 Å². The molecule has 4 rings (SSSR count). The van der Waals surface area contributed by atoms with Crippen molar-refractivity contribution < 1.29 is 19.5 Å². The minimum atomic E-state index is -0.909. The zero-order chi connectivity index (χ0) is 23.4. The summed E-state index contributed by atoms with van der Waals surface area (Å²) < 4.78 is 0. The lowest BCUT2D eigenvalue weighted by atomic mass is 9.90. The highest BCUT2D eigenvalue weighted by Crippen LogP contribution is 2.34. The Hall–Kier alpha value is -3.80. The number of ketones is 1. The second-order valence-electron chi connectivity index (χ2n) is 8.48. The summed E-state index contributed by atoms with van der Waals surface area (Å²) in [6.45, 7) is 1.87. The van der Waals surface area contributed by atoms with Gasteiger partial charge in [0.05, 0.1) is 11.8 Å². The van der Waals surface area contributed by atoms with Crippen LogP contribution >= 0.6 is 0 Å². The first-order chi connectivity index (χ1) is 15.9. The van der Waals surface area contributed by atoms with Crippen LogP contribution in [0.15, 0.2) is 72.9 Å². The van der Waals surface area contributed by atoms with E-state index in [0.29, 0.717) is 24.2 Å². The maximum Gasteiger partial charge on any atom is 0.307 e. The number of nitrogens with one attached hydrogen (secondary N) is 1. The highest BCUT2D eigenvalue weighted by atomic mass is 16.4. The van der Waals surface area contributed by atoms with Gasteiger partial charge < -0.3 is 10.4 Å². The number of rotatable bonds is 7. The van der Waals surface area contributed by atoms with Crippen LogP contribution in [0.4, 0.5) is 5.69 Å². The Morgan fingerprint density at radius 2 is 1.58 bits per heavy atom. The SMILES string of the molecule is C[C@@H](C(=O)Nc1ccc(-c2ccc(C(=O)[C@H]3CCC[C@@H]3C(=O)O)nc2)cc1)c1ccccc1. The molecule has 0 bridgehead atoms. The molecule has 0 saturated heterocycles. The minimum absolute atomic E-state index is 0.0786. The van der Waals surface area contributed by atoms with Crippen molar-refractivity contribution in [1.29, 1.82) is 0 Å². The third-order valence-electron chi connectivity index (χ3n) is 6.36. The number of benzene rings is 2. The van der Waals surface area contributed by atoms with Gasteiger partial charge in [-0.05, 0) is 49.1 Å². The number of nitrogens with zero attached hydrogens (tertiary/aromatic N) is 1. The molecule has 1 aromatic heterocycles. The highest BCUT2D eigenvalue weighted by Gasteiger charge is 2.38. The van der Waals surface area contributed by atoms with Gasteiger partial charge in [0.15, 0.2) is 5.78 Å². The molecule has 1 saturated carbocycles. The van der Waals surface area contributed by atoms with Crippen LogP contribution in [0.3, 0.4) is 0 Å². The predicted octanol–water partition coefficient (Wildman–Crippen LogP) is 5.17. The van der Waals surface area contributed by atoms with E-state index in [1.807, 2.05) is 67.6 Å². The van der Waals surface area contributed by atoms with Crippen molar-refractivity contribution in [2.75, 3.05) is 5.32 Å². The van der Waals surface area contributed by atoms with E-state index in [-0.39, 0.29) is 17.6 Å². The zero-order valence-corrected chi connectivity index (χ0v) is 18.4. The second kappa shape index (κ2) is 9.77. The Labute approximate surface area is 192 Å². The molecule has 33 heavy (non-hydrogen) atoms. The molecule has 2 N–H and O–H groups in total. The normalized spacial score (nSPS) is 18.5. The number of anilines is 1. The monoisotopic (exact) mass is 442 g/mol. The van der Waals surface area contributed by atoms with Gasteiger partial charge in [0.2, 0.25) is 5.91 Å². The van der Waals surface area contributed by atoms with Crippen molar-refractivity contribution in [3.63, 3.8) is 0 Å². The van der Waals surface area contributed by atoms with Crippen molar-refractivity contribution in [3.05, 3.63) is 84.2 Å². The lowest BCUT2D eigenvalue weighted by Gasteiger charge is -2.14. The maximum atomic E-state index is 12.7. The number of amides is 1. The van der Waals surface area contributed by atoms with E-state index >= 15 is 0 Å². The second-order valence-corrected chi connectivity index (χ2v) is 8.48. The van der Waals surface area contributed by atoms with Crippen molar-refractivity contribution >= 4 is 23.3 Å². The van der Waals surface area contributed by atoms with Gasteiger partial charge in [0.1, 0.15) is 5.69 Å². The van der Waals surface area contributed by atoms with Crippen LogP contribution in [0, 0.1) is 11.8 Å². The summed E-state index contributed by atoms with van der Waals surface area (Å²) >= 11 is 0. The predicted molar refractivity (Wildman–Crippen MR) is 126 cm³/mol. The van der Waals surface area contributed by atoms with E-state index < -0.39 is 17.8 Å². The van der Waals surface area contributed by atoms with E-state index in [9.17, 15) is 19.5 Å². The molecular weight excluding hydrogens is 416 g/mol. The van der Waals surface area contributed by atoms with E-state index in [1.165, 1.54) is 0 Å². The van der Waals surface area contributed by atoms with E-state index in [1.54, 1.807) is 12.3 Å². The minimum Gasteiger partial charge on any atom is -0.481 e. The number of carbonyl (C=O) groups is 3. The van der Waals surface area contributed by atoms with Crippen LogP contribution in [0.1, 0.15) is 48.2 Å². The van der Waals surface area contributed by atoms with E-state index in [2.05, 4.69) is 10.3 Å². The topological polar surface area (TPSA) is 96.4 Å². The van der Waals surface area contributed by atoms with Crippen LogP contribution in [0.2, 0.25) is 0 Å². The maximum absolute atomic E-state index is 12.7. The van der Waals surface area contributed by atoms with Crippen LogP contribution in [-0.2, 0) is 9.59 Å². The van der Waals surface area contributed by atoms with Crippen molar-refractivity contribution in [3.8, 4) is 11.1 Å². The number of carbonyl (C=O) groups excluding carboxylic acids is 2. The summed E-state index contributed by atoms with van der Waals surface area (Å²) in [6.07, 6.45) is 3.51. The fourth-order valence-electron chi connectivity index (χ4n) is 4.36. The molecule has 6 nitrogen and oxygen atoms in total. The molecule has 0 unspecified atom stereocenters. The van der Waals surface area contributed by atoms with Gasteiger partial charge in [-0.1, -0.05) is 55.0 Å². The molecular formula is C27H26N2O4. The first kappa shape index (κ1) is 22.4. The summed E-state index contributed by atoms with van der Waals surface area (Å²) in [5, 5.41) is 12.3. The summed E-state index contributed by atoms with van der Waals surface area (Å²) in [4.78, 5) is 41.0. The summed E-state index contributed by atoms with van der Waals surface area (Å²) in [7, 11) is 0. The standard InChI is InChI=1S/C27H26N2O4/c1-17(18-6-3-2-4-7-18)26(31)29-21-13-10-19(11-14-21)20-12-15-24(28-16-20)25(30)22-8-5-9-23(22)27(32)33/h2-4,6-7,10-17,22-23H,5,8-9H2,1H3,(H,29,31)(H,32,33)/t17-,22+,23+/m1/s1. The molecule has 3 aromatic rings. The molecule has 0 spiro atoms. The molecule has 1 fully saturated rings. The van der Waals surface area contributed by atoms with Crippen molar-refractivity contribution in [1.82, 2.24) is 4.98 Å². The summed E-state index contributed by atoms with van der Waals surface area (Å²) in [5.41, 5.74) is 3.70. The van der Waals surface area contributed by atoms with Crippen LogP contribution in [-0.4, -0.2) is 27.8 Å². The van der Waals surface area contributed by atoms with Crippen LogP contribution in [0.25, 0.3) is 11.1 Å². The first-order valence-corrected chi connectivity index (χ1v) is 11.1. The lowest BCUT2D eigenvalue weighted by Crippen LogP contribution is -2.25. The molecule has 2 aromatic carbocycles. The Balaban J connectivity index is 1.41. The fraction of sp³-hybridized carbons (Fsp3) is 0.259. The Kier molecular flexibility index (Phi) is 6.63. The third-order valence-corrected chi connectivity index (χ3v) is 6.36. The van der Waals surface area contributed by atoms with Crippen molar-refractivity contribution in [2.45, 2.75) is 32.1 Å². The molecule has 168 valence electrons. The average Bonchev–Trinajstić information content (AvgIpc) is 3.35. The molecule has 1 aliphatic carbocycles. The average molecular weight is 443 g/mol. The summed E-state index contributed by atoms with van der Waals surface area (Å²) in [6, 6.07) is 20.5. The smallest absolute Gasteiger partial charge is 0.307 e. The number of pyridine rings is 1. The summed E-state index contributed by atoms with van der Waals surface area (Å²) in [5.74, 6) is -2.57. The van der Waals surface area contributed by atoms with Gasteiger partial charge in [0, 0.05) is 23.4 Å². The number of aliphatic carboxylic acids is 1. The molecule has 1 amide bonds.